The zero-order chi connectivity index (χ0) is 13.0. The Balaban J connectivity index is 2.15. The highest BCUT2D eigenvalue weighted by molar-refractivity contribution is 5.96. The second-order valence-corrected chi connectivity index (χ2v) is 4.88. The summed E-state index contributed by atoms with van der Waals surface area (Å²) in [4.78, 5) is 4.22. The molecule has 0 radical (unpaired) electrons. The van der Waals surface area contributed by atoms with Crippen LogP contribution in [-0.4, -0.2) is 16.9 Å². The van der Waals surface area contributed by atoms with Gasteiger partial charge in [-0.3, -0.25) is 5.41 Å². The number of nitrogens with zero attached hydrogens (tertiary/aromatic N) is 1. The van der Waals surface area contributed by atoms with E-state index in [1.165, 1.54) is 19.3 Å². The molecule has 4 heteroatoms. The monoisotopic (exact) mass is 247 g/mol. The van der Waals surface area contributed by atoms with Crippen LogP contribution in [0.3, 0.4) is 0 Å². The van der Waals surface area contributed by atoms with Gasteiger partial charge in [0, 0.05) is 6.20 Å². The van der Waals surface area contributed by atoms with Gasteiger partial charge in [-0.15, -0.1) is 0 Å². The maximum Gasteiger partial charge on any atom is 0.224 e. The number of hydrogen-bond donors (Lipinski definition) is 2. The molecule has 98 valence electrons. The fraction of sp³-hybridized carbons (Fsp3) is 0.571. The predicted molar refractivity (Wildman–Crippen MR) is 71.9 cm³/mol. The average Bonchev–Trinajstić information content (AvgIpc) is 2.40. The molecule has 0 bridgehead atoms. The van der Waals surface area contributed by atoms with Gasteiger partial charge in [0.25, 0.3) is 0 Å². The van der Waals surface area contributed by atoms with Crippen LogP contribution in [0.4, 0.5) is 0 Å². The van der Waals surface area contributed by atoms with E-state index in [1.54, 1.807) is 18.3 Å². The van der Waals surface area contributed by atoms with Crippen LogP contribution in [0.15, 0.2) is 18.3 Å². The summed E-state index contributed by atoms with van der Waals surface area (Å²) in [5.74, 6) is 1.12. The number of nitrogens with one attached hydrogen (secondary N) is 1. The average molecular weight is 247 g/mol. The van der Waals surface area contributed by atoms with E-state index in [1.807, 2.05) is 0 Å². The van der Waals surface area contributed by atoms with Gasteiger partial charge < -0.3 is 10.5 Å². The molecule has 0 saturated heterocycles. The van der Waals surface area contributed by atoms with Crippen molar-refractivity contribution in [1.82, 2.24) is 4.98 Å². The first kappa shape index (κ1) is 12.9. The van der Waals surface area contributed by atoms with Crippen molar-refractivity contribution in [3.8, 4) is 5.88 Å². The van der Waals surface area contributed by atoms with Crippen molar-refractivity contribution >= 4 is 5.84 Å². The van der Waals surface area contributed by atoms with Crippen LogP contribution in [0.2, 0.25) is 0 Å². The van der Waals surface area contributed by atoms with Gasteiger partial charge in [-0.1, -0.05) is 13.3 Å². The Morgan fingerprint density at radius 1 is 1.50 bits per heavy atom. The molecular formula is C14H21N3O. The Morgan fingerprint density at radius 2 is 2.28 bits per heavy atom. The minimum atomic E-state index is 0.0157. The summed E-state index contributed by atoms with van der Waals surface area (Å²) in [5, 5.41) is 7.55. The number of ether oxygens (including phenoxy) is 1. The van der Waals surface area contributed by atoms with Crippen LogP contribution >= 0.6 is 0 Å². The van der Waals surface area contributed by atoms with E-state index in [0.717, 1.165) is 12.8 Å². The van der Waals surface area contributed by atoms with Gasteiger partial charge >= 0.3 is 0 Å². The van der Waals surface area contributed by atoms with E-state index >= 15 is 0 Å². The SMILES string of the molecule is CCC1CCCCC1Oc1ncccc1C(=N)N. The number of aromatic nitrogens is 1. The van der Waals surface area contributed by atoms with Crippen molar-refractivity contribution < 1.29 is 4.74 Å². The van der Waals surface area contributed by atoms with Crippen molar-refractivity contribution in [1.29, 1.82) is 5.41 Å². The Labute approximate surface area is 108 Å². The molecule has 1 aromatic heterocycles. The third kappa shape index (κ3) is 2.81. The second kappa shape index (κ2) is 5.85. The fourth-order valence-electron chi connectivity index (χ4n) is 2.63. The van der Waals surface area contributed by atoms with Crippen molar-refractivity contribution in [2.75, 3.05) is 0 Å². The van der Waals surface area contributed by atoms with Crippen LogP contribution in [0, 0.1) is 11.3 Å². The van der Waals surface area contributed by atoms with Crippen molar-refractivity contribution in [2.45, 2.75) is 45.1 Å². The van der Waals surface area contributed by atoms with Crippen LogP contribution in [-0.2, 0) is 0 Å². The lowest BCUT2D eigenvalue weighted by Crippen LogP contribution is -2.31. The first-order chi connectivity index (χ1) is 8.72. The molecule has 0 aliphatic heterocycles. The van der Waals surface area contributed by atoms with E-state index < -0.39 is 0 Å². The maximum atomic E-state index is 7.55. The summed E-state index contributed by atoms with van der Waals surface area (Å²) < 4.78 is 6.02. The summed E-state index contributed by atoms with van der Waals surface area (Å²) >= 11 is 0. The summed E-state index contributed by atoms with van der Waals surface area (Å²) in [7, 11) is 0. The largest absolute Gasteiger partial charge is 0.474 e. The molecule has 2 atom stereocenters. The van der Waals surface area contributed by atoms with Gasteiger partial charge in [0.05, 0.1) is 5.56 Å². The maximum absolute atomic E-state index is 7.55. The van der Waals surface area contributed by atoms with E-state index in [0.29, 0.717) is 17.4 Å². The summed E-state index contributed by atoms with van der Waals surface area (Å²) in [6.45, 7) is 2.21. The van der Waals surface area contributed by atoms with E-state index in [4.69, 9.17) is 15.9 Å². The Kier molecular flexibility index (Phi) is 4.18. The standard InChI is InChI=1S/C14H21N3O/c1-2-10-6-3-4-8-12(10)18-14-11(13(15)16)7-5-9-17-14/h5,7,9-10,12H,2-4,6,8H2,1H3,(H3,15,16). The first-order valence-electron chi connectivity index (χ1n) is 6.68. The van der Waals surface area contributed by atoms with E-state index in [9.17, 15) is 0 Å². The van der Waals surface area contributed by atoms with Gasteiger partial charge in [0.2, 0.25) is 5.88 Å². The van der Waals surface area contributed by atoms with Crippen molar-refractivity contribution in [2.24, 2.45) is 11.7 Å². The minimum absolute atomic E-state index is 0.0157. The third-order valence-corrected chi connectivity index (χ3v) is 3.69. The van der Waals surface area contributed by atoms with Crippen molar-refractivity contribution in [3.05, 3.63) is 23.9 Å². The number of nitrogen functional groups attached to an aromatic ring is 1. The molecule has 1 fully saturated rings. The lowest BCUT2D eigenvalue weighted by atomic mass is 9.85. The number of nitrogens with two attached hydrogens (primary N) is 1. The first-order valence-corrected chi connectivity index (χ1v) is 6.68. The zero-order valence-electron chi connectivity index (χ0n) is 10.9. The molecule has 3 N–H and O–H groups in total. The zero-order valence-corrected chi connectivity index (χ0v) is 10.9. The van der Waals surface area contributed by atoms with Gasteiger partial charge in [-0.2, -0.15) is 0 Å². The van der Waals surface area contributed by atoms with E-state index in [-0.39, 0.29) is 11.9 Å². The predicted octanol–water partition coefficient (Wildman–Crippen LogP) is 2.71. The molecule has 0 aromatic carbocycles. The molecule has 1 aromatic rings. The summed E-state index contributed by atoms with van der Waals surface area (Å²) in [6, 6.07) is 3.57. The van der Waals surface area contributed by atoms with Crippen LogP contribution < -0.4 is 10.5 Å². The second-order valence-electron chi connectivity index (χ2n) is 4.88. The minimum Gasteiger partial charge on any atom is -0.474 e. The molecular weight excluding hydrogens is 226 g/mol. The molecule has 1 heterocycles. The van der Waals surface area contributed by atoms with Crippen LogP contribution in [0.25, 0.3) is 0 Å². The molecule has 0 spiro atoms. The lowest BCUT2D eigenvalue weighted by Gasteiger charge is -2.31. The number of amidine groups is 1. The van der Waals surface area contributed by atoms with Crippen LogP contribution in [0.5, 0.6) is 5.88 Å². The van der Waals surface area contributed by atoms with Crippen LogP contribution in [0.1, 0.15) is 44.6 Å². The van der Waals surface area contributed by atoms with Gasteiger partial charge in [0.1, 0.15) is 11.9 Å². The number of rotatable bonds is 4. The molecule has 1 saturated carbocycles. The Morgan fingerprint density at radius 3 is 3.00 bits per heavy atom. The molecule has 2 rings (SSSR count). The molecule has 1 aliphatic rings. The van der Waals surface area contributed by atoms with E-state index in [2.05, 4.69) is 11.9 Å². The smallest absolute Gasteiger partial charge is 0.224 e. The number of hydrogen-bond acceptors (Lipinski definition) is 3. The lowest BCUT2D eigenvalue weighted by molar-refractivity contribution is 0.0856. The highest BCUT2D eigenvalue weighted by Crippen LogP contribution is 2.30. The Bertz CT molecular complexity index is 419. The molecule has 0 amide bonds. The number of pyridine rings is 1. The summed E-state index contributed by atoms with van der Waals surface area (Å²) in [6.07, 6.45) is 7.84. The fourth-order valence-corrected chi connectivity index (χ4v) is 2.63. The highest BCUT2D eigenvalue weighted by Gasteiger charge is 2.26. The molecule has 4 nitrogen and oxygen atoms in total. The third-order valence-electron chi connectivity index (χ3n) is 3.69. The molecule has 18 heavy (non-hydrogen) atoms. The van der Waals surface area contributed by atoms with Gasteiger partial charge in [-0.25, -0.2) is 4.98 Å². The molecule has 1 aliphatic carbocycles. The topological polar surface area (TPSA) is 72.0 Å². The van der Waals surface area contributed by atoms with Crippen molar-refractivity contribution in [3.63, 3.8) is 0 Å². The quantitative estimate of drug-likeness (QED) is 0.634. The Hall–Kier alpha value is -1.58. The molecule has 2 unspecified atom stereocenters. The van der Waals surface area contributed by atoms with Gasteiger partial charge in [0.15, 0.2) is 0 Å². The highest BCUT2D eigenvalue weighted by atomic mass is 16.5. The summed E-state index contributed by atoms with van der Waals surface area (Å²) in [5.41, 5.74) is 6.15. The van der Waals surface area contributed by atoms with Gasteiger partial charge in [-0.05, 0) is 43.7 Å². The normalized spacial score (nSPS) is 23.6.